The number of methoxy groups -OCH3 is 1. The minimum Gasteiger partial charge on any atom is -0.497 e. The van der Waals surface area contributed by atoms with Crippen LogP contribution in [0.3, 0.4) is 0 Å². The molecular weight excluding hydrogens is 418 g/mol. The number of aryl methyl sites for hydroxylation is 1. The van der Waals surface area contributed by atoms with Gasteiger partial charge in [-0.1, -0.05) is 17.7 Å². The predicted molar refractivity (Wildman–Crippen MR) is 119 cm³/mol. The van der Waals surface area contributed by atoms with Crippen molar-refractivity contribution in [3.63, 3.8) is 0 Å². The third-order valence-electron chi connectivity index (χ3n) is 5.48. The number of esters is 1. The summed E-state index contributed by atoms with van der Waals surface area (Å²) in [5.41, 5.74) is 2.45. The van der Waals surface area contributed by atoms with Gasteiger partial charge >= 0.3 is 5.97 Å². The van der Waals surface area contributed by atoms with Crippen molar-refractivity contribution in [3.05, 3.63) is 54.1 Å². The smallest absolute Gasteiger partial charge is 0.376 e. The molecular formula is C22H25N3O5S. The Kier molecular flexibility index (Phi) is 5.62. The lowest BCUT2D eigenvalue weighted by Gasteiger charge is -2.42. The van der Waals surface area contributed by atoms with Crippen molar-refractivity contribution < 1.29 is 22.7 Å². The van der Waals surface area contributed by atoms with E-state index in [0.29, 0.717) is 17.1 Å². The van der Waals surface area contributed by atoms with Gasteiger partial charge < -0.3 is 14.4 Å². The molecule has 0 unspecified atom stereocenters. The summed E-state index contributed by atoms with van der Waals surface area (Å²) in [6.07, 6.45) is 0. The number of benzene rings is 2. The average Bonchev–Trinajstić information content (AvgIpc) is 3.08. The van der Waals surface area contributed by atoms with Crippen LogP contribution in [0, 0.1) is 6.92 Å². The van der Waals surface area contributed by atoms with Crippen molar-refractivity contribution >= 4 is 33.0 Å². The molecule has 0 bridgehead atoms. The quantitative estimate of drug-likeness (QED) is 0.656. The zero-order valence-corrected chi connectivity index (χ0v) is 18.5. The summed E-state index contributed by atoms with van der Waals surface area (Å²) in [6.45, 7) is 3.88. The van der Waals surface area contributed by atoms with Crippen LogP contribution in [0.5, 0.6) is 5.75 Å². The Morgan fingerprint density at radius 1 is 1.03 bits per heavy atom. The number of nitrogens with zero attached hydrogens (tertiary/aromatic N) is 3. The third-order valence-corrected chi connectivity index (χ3v) is 7.18. The molecule has 0 radical (unpaired) electrons. The fourth-order valence-corrected chi connectivity index (χ4v) is 5.92. The Labute approximate surface area is 182 Å². The monoisotopic (exact) mass is 443 g/mol. The second-order valence-corrected chi connectivity index (χ2v) is 9.76. The standard InChI is InChI=1S/C22H25N3O5S/c1-4-30-22(26)21-23-25(17-9-11-18(29-3)12-10-17)20-14-31(27,28)13-19(20)24(21)16-7-5-15(2)6-8-16/h5-12,19-20H,4,13-14H2,1-3H3/t19-,20+/m0/s1. The number of sulfone groups is 1. The van der Waals surface area contributed by atoms with Crippen LogP contribution in [0.4, 0.5) is 11.4 Å². The molecule has 8 nitrogen and oxygen atoms in total. The van der Waals surface area contributed by atoms with Crippen LogP contribution in [0.15, 0.2) is 53.6 Å². The summed E-state index contributed by atoms with van der Waals surface area (Å²) in [6, 6.07) is 13.8. The van der Waals surface area contributed by atoms with E-state index in [1.807, 2.05) is 31.2 Å². The van der Waals surface area contributed by atoms with E-state index < -0.39 is 27.9 Å². The maximum absolute atomic E-state index is 12.9. The van der Waals surface area contributed by atoms with E-state index in [0.717, 1.165) is 5.56 Å². The maximum atomic E-state index is 12.9. The van der Waals surface area contributed by atoms with Crippen molar-refractivity contribution in [2.24, 2.45) is 5.10 Å². The molecule has 1 fully saturated rings. The molecule has 31 heavy (non-hydrogen) atoms. The number of rotatable bonds is 5. The molecule has 2 aliphatic heterocycles. The number of ether oxygens (including phenoxy) is 2. The van der Waals surface area contributed by atoms with Crippen LogP contribution in [-0.2, 0) is 19.4 Å². The first-order valence-electron chi connectivity index (χ1n) is 10.1. The highest BCUT2D eigenvalue weighted by Crippen LogP contribution is 2.35. The molecule has 2 aromatic rings. The van der Waals surface area contributed by atoms with Crippen LogP contribution < -0.4 is 14.6 Å². The van der Waals surface area contributed by atoms with Gasteiger partial charge in [-0.2, -0.15) is 0 Å². The molecule has 0 spiro atoms. The number of carbonyl (C=O) groups excluding carboxylic acids is 1. The van der Waals surface area contributed by atoms with Crippen LogP contribution in [0.25, 0.3) is 0 Å². The Morgan fingerprint density at radius 2 is 1.65 bits per heavy atom. The van der Waals surface area contributed by atoms with Crippen molar-refractivity contribution in [3.8, 4) is 5.75 Å². The molecule has 2 atom stereocenters. The molecule has 0 saturated carbocycles. The summed E-state index contributed by atoms with van der Waals surface area (Å²) >= 11 is 0. The summed E-state index contributed by atoms with van der Waals surface area (Å²) < 4.78 is 35.8. The molecule has 4 rings (SSSR count). The van der Waals surface area contributed by atoms with Crippen LogP contribution in [0.1, 0.15) is 12.5 Å². The molecule has 0 aliphatic carbocycles. The summed E-state index contributed by atoms with van der Waals surface area (Å²) in [5, 5.41) is 6.24. The van der Waals surface area contributed by atoms with Crippen molar-refractivity contribution in [1.29, 1.82) is 0 Å². The van der Waals surface area contributed by atoms with E-state index in [1.54, 1.807) is 48.2 Å². The zero-order chi connectivity index (χ0) is 22.2. The van der Waals surface area contributed by atoms with Crippen molar-refractivity contribution in [2.75, 3.05) is 35.1 Å². The highest BCUT2D eigenvalue weighted by molar-refractivity contribution is 7.91. The zero-order valence-electron chi connectivity index (χ0n) is 17.7. The topological polar surface area (TPSA) is 88.5 Å². The lowest BCUT2D eigenvalue weighted by Crippen LogP contribution is -2.59. The first-order valence-corrected chi connectivity index (χ1v) is 11.9. The second kappa shape index (κ2) is 8.22. The summed E-state index contributed by atoms with van der Waals surface area (Å²) in [5.74, 6) is 0.0267. The minimum atomic E-state index is -3.33. The molecule has 0 amide bonds. The number of amidine groups is 1. The van der Waals surface area contributed by atoms with E-state index in [2.05, 4.69) is 5.10 Å². The van der Waals surface area contributed by atoms with E-state index in [1.165, 1.54) is 0 Å². The lowest BCUT2D eigenvalue weighted by atomic mass is 10.1. The number of fused-ring (bicyclic) bond motifs is 1. The molecule has 2 aliphatic rings. The lowest BCUT2D eigenvalue weighted by molar-refractivity contribution is -0.135. The van der Waals surface area contributed by atoms with E-state index >= 15 is 0 Å². The van der Waals surface area contributed by atoms with Gasteiger partial charge in [0.25, 0.3) is 0 Å². The number of hydrazone groups is 1. The highest BCUT2D eigenvalue weighted by atomic mass is 32.2. The predicted octanol–water partition coefficient (Wildman–Crippen LogP) is 2.37. The molecule has 0 aromatic heterocycles. The fraction of sp³-hybridized carbons (Fsp3) is 0.364. The van der Waals surface area contributed by atoms with Crippen molar-refractivity contribution in [1.82, 2.24) is 0 Å². The van der Waals surface area contributed by atoms with Gasteiger partial charge in [-0.05, 0) is 50.2 Å². The van der Waals surface area contributed by atoms with Gasteiger partial charge in [0.1, 0.15) is 5.75 Å². The SMILES string of the molecule is CCOC(=O)C1=NN(c2ccc(OC)cc2)[C@@H]2CS(=O)(=O)C[C@@H]2N1c1ccc(C)cc1. The van der Waals surface area contributed by atoms with Gasteiger partial charge in [0.05, 0.1) is 43.0 Å². The van der Waals surface area contributed by atoms with Gasteiger partial charge in [0, 0.05) is 5.69 Å². The molecule has 1 saturated heterocycles. The summed E-state index contributed by atoms with van der Waals surface area (Å²) in [7, 11) is -1.75. The number of anilines is 2. The molecule has 2 heterocycles. The van der Waals surface area contributed by atoms with Gasteiger partial charge in [0.2, 0.25) is 5.84 Å². The number of hydrogen-bond donors (Lipinski definition) is 0. The maximum Gasteiger partial charge on any atom is 0.376 e. The number of hydrogen-bond acceptors (Lipinski definition) is 8. The first kappa shape index (κ1) is 21.2. The molecule has 0 N–H and O–H groups in total. The van der Waals surface area contributed by atoms with Gasteiger partial charge in [-0.15, -0.1) is 5.10 Å². The largest absolute Gasteiger partial charge is 0.497 e. The van der Waals surface area contributed by atoms with E-state index in [-0.39, 0.29) is 23.9 Å². The normalized spacial score (nSPS) is 22.0. The minimum absolute atomic E-state index is 0.0499. The highest BCUT2D eigenvalue weighted by Gasteiger charge is 2.50. The Bertz CT molecular complexity index is 1100. The van der Waals surface area contributed by atoms with Crippen molar-refractivity contribution in [2.45, 2.75) is 25.9 Å². The first-order chi connectivity index (χ1) is 14.8. The average molecular weight is 444 g/mol. The molecule has 164 valence electrons. The van der Waals surface area contributed by atoms with Crippen LogP contribution >= 0.6 is 0 Å². The summed E-state index contributed by atoms with van der Waals surface area (Å²) in [4.78, 5) is 14.6. The van der Waals surface area contributed by atoms with Gasteiger partial charge in [-0.3, -0.25) is 5.01 Å². The molecule has 2 aromatic carbocycles. The van der Waals surface area contributed by atoms with Crippen LogP contribution in [0.2, 0.25) is 0 Å². The number of carbonyl (C=O) groups is 1. The van der Waals surface area contributed by atoms with Gasteiger partial charge in [0.15, 0.2) is 9.84 Å². The van der Waals surface area contributed by atoms with Crippen LogP contribution in [-0.4, -0.2) is 57.5 Å². The Balaban J connectivity index is 1.86. The third kappa shape index (κ3) is 4.10. The second-order valence-electron chi connectivity index (χ2n) is 7.60. The molecule has 9 heteroatoms. The fourth-order valence-electron chi connectivity index (χ4n) is 4.01. The Hall–Kier alpha value is -3.07. The Morgan fingerprint density at radius 3 is 2.26 bits per heavy atom. The van der Waals surface area contributed by atoms with E-state index in [4.69, 9.17) is 9.47 Å². The van der Waals surface area contributed by atoms with Gasteiger partial charge in [-0.25, -0.2) is 13.2 Å². The van der Waals surface area contributed by atoms with E-state index in [9.17, 15) is 13.2 Å².